The lowest BCUT2D eigenvalue weighted by molar-refractivity contribution is -0.141. The molecule has 2 atom stereocenters. The zero-order valence-electron chi connectivity index (χ0n) is 14.4. The maximum absolute atomic E-state index is 13.3. The molecule has 0 radical (unpaired) electrons. The average molecular weight is 365 g/mol. The zero-order chi connectivity index (χ0) is 18.5. The second-order valence-electron chi connectivity index (χ2n) is 6.76. The van der Waals surface area contributed by atoms with Crippen LogP contribution in [-0.2, 0) is 6.18 Å². The lowest BCUT2D eigenvalue weighted by Gasteiger charge is -2.38. The number of furan rings is 1. The van der Waals surface area contributed by atoms with Gasteiger partial charge in [0.2, 0.25) is 0 Å². The number of aryl methyl sites for hydroxylation is 1. The topological polar surface area (TPSA) is 59.5 Å². The zero-order valence-corrected chi connectivity index (χ0v) is 14.4. The van der Waals surface area contributed by atoms with Crippen molar-refractivity contribution in [2.45, 2.75) is 38.9 Å². The Kier molecular flexibility index (Phi) is 3.89. The first kappa shape index (κ1) is 16.9. The van der Waals surface area contributed by atoms with E-state index in [2.05, 4.69) is 22.0 Å². The van der Waals surface area contributed by atoms with Gasteiger partial charge in [-0.25, -0.2) is 4.98 Å². The standard InChI is InChI=1S/C17H18F3N5O/c1-10-5-6-24(12(7-10)13-4-3-11(2)26-13)15-8-14(17(18,19)20)23-16-21-9-22-25(15)16/h3-4,8-10,12H,5-7H2,1-2H3. The summed E-state index contributed by atoms with van der Waals surface area (Å²) in [6, 6.07) is 4.63. The molecule has 6 nitrogen and oxygen atoms in total. The maximum atomic E-state index is 13.3. The van der Waals surface area contributed by atoms with E-state index in [1.807, 2.05) is 24.0 Å². The van der Waals surface area contributed by atoms with Crippen molar-refractivity contribution in [3.63, 3.8) is 0 Å². The number of aromatic nitrogens is 4. The summed E-state index contributed by atoms with van der Waals surface area (Å²) in [4.78, 5) is 9.36. The minimum atomic E-state index is -4.55. The quantitative estimate of drug-likeness (QED) is 0.686. The van der Waals surface area contributed by atoms with Gasteiger partial charge in [0.15, 0.2) is 5.69 Å². The highest BCUT2D eigenvalue weighted by Gasteiger charge is 2.37. The molecule has 0 spiro atoms. The molecule has 1 aliphatic rings. The van der Waals surface area contributed by atoms with Crippen LogP contribution >= 0.6 is 0 Å². The summed E-state index contributed by atoms with van der Waals surface area (Å²) in [5.41, 5.74) is -0.971. The Labute approximate surface area is 147 Å². The second kappa shape index (κ2) is 6.00. The van der Waals surface area contributed by atoms with Crippen molar-refractivity contribution in [3.05, 3.63) is 41.7 Å². The fourth-order valence-corrected chi connectivity index (χ4v) is 3.46. The predicted molar refractivity (Wildman–Crippen MR) is 87.7 cm³/mol. The van der Waals surface area contributed by atoms with Crippen LogP contribution in [-0.4, -0.2) is 26.1 Å². The summed E-state index contributed by atoms with van der Waals surface area (Å²) >= 11 is 0. The molecule has 2 unspecified atom stereocenters. The molecule has 138 valence electrons. The first-order valence-electron chi connectivity index (χ1n) is 8.44. The van der Waals surface area contributed by atoms with Crippen LogP contribution in [0, 0.1) is 12.8 Å². The van der Waals surface area contributed by atoms with E-state index in [1.165, 1.54) is 10.8 Å². The number of hydrogen-bond donors (Lipinski definition) is 0. The molecule has 26 heavy (non-hydrogen) atoms. The van der Waals surface area contributed by atoms with Gasteiger partial charge >= 0.3 is 6.18 Å². The van der Waals surface area contributed by atoms with E-state index in [4.69, 9.17) is 4.42 Å². The van der Waals surface area contributed by atoms with Gasteiger partial charge in [-0.1, -0.05) is 6.92 Å². The maximum Gasteiger partial charge on any atom is 0.433 e. The van der Waals surface area contributed by atoms with Crippen LogP contribution in [0.3, 0.4) is 0 Å². The van der Waals surface area contributed by atoms with Gasteiger partial charge < -0.3 is 9.32 Å². The first-order chi connectivity index (χ1) is 12.3. The molecule has 3 aromatic rings. The third kappa shape index (κ3) is 2.91. The Balaban J connectivity index is 1.85. The second-order valence-corrected chi connectivity index (χ2v) is 6.76. The van der Waals surface area contributed by atoms with Gasteiger partial charge in [0, 0.05) is 12.6 Å². The number of alkyl halides is 3. The normalized spacial score (nSPS) is 21.5. The molecular formula is C17H18F3N5O. The van der Waals surface area contributed by atoms with Crippen LogP contribution in [0.1, 0.15) is 43.0 Å². The van der Waals surface area contributed by atoms with E-state index in [9.17, 15) is 13.2 Å². The molecule has 3 aromatic heterocycles. The van der Waals surface area contributed by atoms with E-state index in [1.54, 1.807) is 0 Å². The number of rotatable bonds is 2. The Morgan fingerprint density at radius 3 is 2.77 bits per heavy atom. The number of anilines is 1. The van der Waals surface area contributed by atoms with Crippen molar-refractivity contribution in [1.82, 2.24) is 19.6 Å². The number of halogens is 3. The summed E-state index contributed by atoms with van der Waals surface area (Å²) in [5.74, 6) is 2.22. The van der Waals surface area contributed by atoms with Crippen molar-refractivity contribution in [2.75, 3.05) is 11.4 Å². The van der Waals surface area contributed by atoms with Crippen LogP contribution in [0.5, 0.6) is 0 Å². The van der Waals surface area contributed by atoms with Crippen molar-refractivity contribution in [2.24, 2.45) is 5.92 Å². The van der Waals surface area contributed by atoms with Gasteiger partial charge in [0.1, 0.15) is 23.7 Å². The molecule has 0 amide bonds. The van der Waals surface area contributed by atoms with Crippen molar-refractivity contribution >= 4 is 11.6 Å². The molecule has 0 saturated carbocycles. The molecule has 0 aromatic carbocycles. The van der Waals surface area contributed by atoms with Gasteiger partial charge in [0.05, 0.1) is 6.04 Å². The number of piperidine rings is 1. The molecule has 0 bridgehead atoms. The van der Waals surface area contributed by atoms with Crippen molar-refractivity contribution in [3.8, 4) is 0 Å². The largest absolute Gasteiger partial charge is 0.464 e. The Bertz CT molecular complexity index is 932. The molecule has 1 fully saturated rings. The van der Waals surface area contributed by atoms with Gasteiger partial charge in [-0.3, -0.25) is 0 Å². The highest BCUT2D eigenvalue weighted by molar-refractivity contribution is 5.50. The fraction of sp³-hybridized carbons (Fsp3) is 0.471. The Morgan fingerprint density at radius 1 is 1.27 bits per heavy atom. The van der Waals surface area contributed by atoms with Gasteiger partial charge in [-0.2, -0.15) is 27.8 Å². The summed E-state index contributed by atoms with van der Waals surface area (Å²) in [7, 11) is 0. The van der Waals surface area contributed by atoms with E-state index in [0.29, 0.717) is 18.3 Å². The number of nitrogens with zero attached hydrogens (tertiary/aromatic N) is 5. The van der Waals surface area contributed by atoms with Gasteiger partial charge in [-0.05, 0) is 37.8 Å². The van der Waals surface area contributed by atoms with Gasteiger partial charge in [0.25, 0.3) is 5.78 Å². The van der Waals surface area contributed by atoms with Crippen LogP contribution in [0.4, 0.5) is 19.0 Å². The highest BCUT2D eigenvalue weighted by atomic mass is 19.4. The van der Waals surface area contributed by atoms with Crippen molar-refractivity contribution < 1.29 is 17.6 Å². The molecule has 1 aliphatic heterocycles. The number of hydrogen-bond acceptors (Lipinski definition) is 5. The van der Waals surface area contributed by atoms with E-state index in [-0.39, 0.29) is 11.8 Å². The SMILES string of the molecule is Cc1ccc(C2CC(C)CCN2c2cc(C(F)(F)F)nc3ncnn23)o1. The molecule has 0 aliphatic carbocycles. The fourth-order valence-electron chi connectivity index (χ4n) is 3.46. The van der Waals surface area contributed by atoms with Crippen molar-refractivity contribution in [1.29, 1.82) is 0 Å². The Morgan fingerprint density at radius 2 is 2.08 bits per heavy atom. The molecule has 4 heterocycles. The minimum absolute atomic E-state index is 0.0668. The van der Waals surface area contributed by atoms with E-state index >= 15 is 0 Å². The predicted octanol–water partition coefficient (Wildman–Crippen LogP) is 4.02. The first-order valence-corrected chi connectivity index (χ1v) is 8.44. The lowest BCUT2D eigenvalue weighted by atomic mass is 9.91. The van der Waals surface area contributed by atoms with Crippen LogP contribution < -0.4 is 4.90 Å². The van der Waals surface area contributed by atoms with E-state index < -0.39 is 11.9 Å². The molecule has 1 saturated heterocycles. The smallest absolute Gasteiger partial charge is 0.433 e. The summed E-state index contributed by atoms with van der Waals surface area (Å²) in [6.45, 7) is 4.59. The van der Waals surface area contributed by atoms with Crippen LogP contribution in [0.15, 0.2) is 28.9 Å². The van der Waals surface area contributed by atoms with E-state index in [0.717, 1.165) is 30.4 Å². The molecule has 0 N–H and O–H groups in total. The monoisotopic (exact) mass is 365 g/mol. The summed E-state index contributed by atoms with van der Waals surface area (Å²) in [5, 5.41) is 4.07. The highest BCUT2D eigenvalue weighted by Crippen LogP contribution is 2.39. The lowest BCUT2D eigenvalue weighted by Crippen LogP contribution is -2.37. The average Bonchev–Trinajstić information content (AvgIpc) is 3.21. The van der Waals surface area contributed by atoms with Crippen LogP contribution in [0.2, 0.25) is 0 Å². The summed E-state index contributed by atoms with van der Waals surface area (Å²) < 4.78 is 47.0. The Hall–Kier alpha value is -2.58. The molecule has 9 heteroatoms. The number of fused-ring (bicyclic) bond motifs is 1. The minimum Gasteiger partial charge on any atom is -0.464 e. The molecule has 4 rings (SSSR count). The third-order valence-electron chi connectivity index (χ3n) is 4.77. The molecular weight excluding hydrogens is 347 g/mol. The van der Waals surface area contributed by atoms with Crippen LogP contribution in [0.25, 0.3) is 5.78 Å². The third-order valence-corrected chi connectivity index (χ3v) is 4.77. The summed E-state index contributed by atoms with van der Waals surface area (Å²) in [6.07, 6.45) is -1.68. The van der Waals surface area contributed by atoms with Gasteiger partial charge in [-0.15, -0.1) is 0 Å².